The fourth-order valence-corrected chi connectivity index (χ4v) is 3.94. The van der Waals surface area contributed by atoms with Crippen molar-refractivity contribution in [2.45, 2.75) is 6.92 Å². The van der Waals surface area contributed by atoms with Crippen molar-refractivity contribution in [2.24, 2.45) is 0 Å². The van der Waals surface area contributed by atoms with Gasteiger partial charge in [-0.3, -0.25) is 4.79 Å². The average molecular weight is 393 g/mol. The summed E-state index contributed by atoms with van der Waals surface area (Å²) in [5, 5.41) is 1.36. The monoisotopic (exact) mass is 392 g/mol. The van der Waals surface area contributed by atoms with Crippen LogP contribution < -0.4 is 33.6 Å². The van der Waals surface area contributed by atoms with Crippen molar-refractivity contribution in [3.63, 3.8) is 0 Å². The SMILES string of the molecule is COc1cccc(Cl)c1C(=O)Pc1ccc(Oc2ccccc2)cc1C.[H-].[Li+]. The van der Waals surface area contributed by atoms with Crippen LogP contribution in [0.25, 0.3) is 0 Å². The van der Waals surface area contributed by atoms with Crippen LogP contribution in [0, 0.1) is 6.92 Å². The molecule has 0 bridgehead atoms. The molecular weight excluding hydrogens is 374 g/mol. The third kappa shape index (κ3) is 5.38. The Balaban J connectivity index is 0.00000196. The molecule has 3 nitrogen and oxygen atoms in total. The van der Waals surface area contributed by atoms with Crippen molar-refractivity contribution in [2.75, 3.05) is 7.11 Å². The maximum absolute atomic E-state index is 12.8. The summed E-state index contributed by atoms with van der Waals surface area (Å²) in [4.78, 5) is 12.8. The molecule has 0 radical (unpaired) electrons. The number of hydrogen-bond acceptors (Lipinski definition) is 3. The van der Waals surface area contributed by atoms with Crippen LogP contribution in [0.5, 0.6) is 17.2 Å². The number of carbonyl (C=O) groups is 1. The maximum Gasteiger partial charge on any atom is 1.00 e. The van der Waals surface area contributed by atoms with Crippen molar-refractivity contribution in [1.82, 2.24) is 0 Å². The third-order valence-corrected chi connectivity index (χ3v) is 5.47. The normalized spacial score (nSPS) is 10.5. The summed E-state index contributed by atoms with van der Waals surface area (Å²) in [6, 6.07) is 20.5. The third-order valence-electron chi connectivity index (χ3n) is 3.85. The van der Waals surface area contributed by atoms with E-state index in [9.17, 15) is 4.79 Å². The molecule has 0 heterocycles. The van der Waals surface area contributed by atoms with E-state index in [1.54, 1.807) is 18.2 Å². The molecule has 6 heteroatoms. The first-order valence-electron chi connectivity index (χ1n) is 8.06. The fourth-order valence-electron chi connectivity index (χ4n) is 2.54. The molecule has 3 aromatic carbocycles. The van der Waals surface area contributed by atoms with E-state index < -0.39 is 0 Å². The zero-order valence-electron chi connectivity index (χ0n) is 16.5. The molecular formula is C21H19ClLiO3P. The van der Waals surface area contributed by atoms with Gasteiger partial charge in [-0.25, -0.2) is 0 Å². The van der Waals surface area contributed by atoms with Crippen LogP contribution in [0.1, 0.15) is 17.3 Å². The van der Waals surface area contributed by atoms with Gasteiger partial charge in [0, 0.05) is 0 Å². The predicted octanol–water partition coefficient (Wildman–Crippen LogP) is 2.71. The summed E-state index contributed by atoms with van der Waals surface area (Å²) in [7, 11) is 1.49. The van der Waals surface area contributed by atoms with Crippen molar-refractivity contribution < 1.29 is 34.6 Å². The van der Waals surface area contributed by atoms with E-state index in [-0.39, 0.29) is 34.4 Å². The molecule has 0 amide bonds. The Morgan fingerprint density at radius 1 is 1.00 bits per heavy atom. The summed E-state index contributed by atoms with van der Waals surface area (Å²) in [6.07, 6.45) is 0. The minimum absolute atomic E-state index is 0. The van der Waals surface area contributed by atoms with Crippen LogP contribution in [0.3, 0.4) is 0 Å². The van der Waals surface area contributed by atoms with Gasteiger partial charge in [0.15, 0.2) is 5.52 Å². The first kappa shape index (κ1) is 21.5. The number of rotatable bonds is 6. The molecule has 27 heavy (non-hydrogen) atoms. The van der Waals surface area contributed by atoms with Crippen LogP contribution in [-0.2, 0) is 0 Å². The minimum atomic E-state index is -0.0488. The van der Waals surface area contributed by atoms with Gasteiger partial charge in [0.25, 0.3) is 0 Å². The van der Waals surface area contributed by atoms with Gasteiger partial charge in [0.05, 0.1) is 17.7 Å². The van der Waals surface area contributed by atoms with Gasteiger partial charge >= 0.3 is 18.9 Å². The molecule has 0 aliphatic heterocycles. The molecule has 0 aromatic heterocycles. The molecule has 1 atom stereocenters. The van der Waals surface area contributed by atoms with E-state index in [1.165, 1.54) is 7.11 Å². The number of aryl methyl sites for hydroxylation is 1. The number of carbonyl (C=O) groups excluding carboxylic acids is 1. The summed E-state index contributed by atoms with van der Waals surface area (Å²) < 4.78 is 11.1. The summed E-state index contributed by atoms with van der Waals surface area (Å²) in [5.74, 6) is 2.01. The van der Waals surface area contributed by atoms with Gasteiger partial charge < -0.3 is 10.9 Å². The quantitative estimate of drug-likeness (QED) is 0.478. The number of benzene rings is 3. The Morgan fingerprint density at radius 3 is 2.41 bits per heavy atom. The summed E-state index contributed by atoms with van der Waals surface area (Å²) in [5.41, 5.74) is 1.38. The Bertz CT molecular complexity index is 938. The van der Waals surface area contributed by atoms with Gasteiger partial charge in [-0.15, -0.1) is 0 Å². The van der Waals surface area contributed by atoms with E-state index in [0.717, 1.165) is 22.4 Å². The zero-order valence-corrected chi connectivity index (χ0v) is 17.2. The average Bonchev–Trinajstić information content (AvgIpc) is 2.64. The summed E-state index contributed by atoms with van der Waals surface area (Å²) in [6.45, 7) is 1.97. The topological polar surface area (TPSA) is 35.5 Å². The summed E-state index contributed by atoms with van der Waals surface area (Å²) >= 11 is 6.21. The second kappa shape index (κ2) is 9.97. The number of para-hydroxylation sites is 1. The molecule has 0 aliphatic rings. The van der Waals surface area contributed by atoms with Crippen LogP contribution in [-0.4, -0.2) is 12.6 Å². The zero-order chi connectivity index (χ0) is 18.5. The Labute approximate surface area is 179 Å². The predicted molar refractivity (Wildman–Crippen MR) is 109 cm³/mol. The van der Waals surface area contributed by atoms with Gasteiger partial charge in [0.2, 0.25) is 0 Å². The van der Waals surface area contributed by atoms with E-state index in [2.05, 4.69) is 0 Å². The molecule has 3 rings (SSSR count). The molecule has 0 N–H and O–H groups in total. The second-order valence-corrected chi connectivity index (χ2v) is 7.31. The molecule has 0 fully saturated rings. The number of ether oxygens (including phenoxy) is 2. The molecule has 0 aliphatic carbocycles. The minimum Gasteiger partial charge on any atom is -1.00 e. The van der Waals surface area contributed by atoms with Gasteiger partial charge in [0.1, 0.15) is 17.2 Å². The van der Waals surface area contributed by atoms with Crippen LogP contribution in [0.15, 0.2) is 66.7 Å². The van der Waals surface area contributed by atoms with Gasteiger partial charge in [-0.2, -0.15) is 0 Å². The number of halogens is 1. The van der Waals surface area contributed by atoms with Crippen molar-refractivity contribution in [1.29, 1.82) is 0 Å². The standard InChI is InChI=1S/C21H18ClO3P.Li.H/c1-14-13-16(25-15-7-4-3-5-8-15)11-12-19(14)26-21(23)20-17(22)9-6-10-18(20)24-2;;/h3-13,26H,1-2H3;;/q;+1;-1. The van der Waals surface area contributed by atoms with Crippen LogP contribution >= 0.6 is 20.2 Å². The Kier molecular flexibility index (Phi) is 7.96. The first-order valence-corrected chi connectivity index (χ1v) is 9.43. The van der Waals surface area contributed by atoms with Gasteiger partial charge in [-0.1, -0.05) is 41.9 Å². The van der Waals surface area contributed by atoms with E-state index in [0.29, 0.717) is 16.3 Å². The molecule has 134 valence electrons. The van der Waals surface area contributed by atoms with Gasteiger partial charge in [-0.05, 0) is 62.8 Å². The second-order valence-electron chi connectivity index (χ2n) is 5.66. The van der Waals surface area contributed by atoms with Crippen LogP contribution in [0.2, 0.25) is 5.02 Å². The molecule has 3 aromatic rings. The maximum atomic E-state index is 12.8. The molecule has 0 saturated carbocycles. The molecule has 0 saturated heterocycles. The molecule has 0 spiro atoms. The van der Waals surface area contributed by atoms with Crippen LogP contribution in [0.4, 0.5) is 0 Å². The van der Waals surface area contributed by atoms with Crippen molar-refractivity contribution in [3.05, 3.63) is 82.9 Å². The fraction of sp³-hybridized carbons (Fsp3) is 0.0952. The van der Waals surface area contributed by atoms with Crippen molar-refractivity contribution >= 4 is 31.0 Å². The van der Waals surface area contributed by atoms with E-state index in [1.807, 2.05) is 55.5 Å². The van der Waals surface area contributed by atoms with E-state index in [4.69, 9.17) is 21.1 Å². The number of methoxy groups -OCH3 is 1. The largest absolute Gasteiger partial charge is 1.00 e. The Morgan fingerprint density at radius 2 is 1.74 bits per heavy atom. The smallest absolute Gasteiger partial charge is 1.00 e. The number of hydrogen-bond donors (Lipinski definition) is 0. The first-order chi connectivity index (χ1) is 12.6. The Hall–Kier alpha value is -1.75. The van der Waals surface area contributed by atoms with Crippen molar-refractivity contribution in [3.8, 4) is 17.2 Å². The molecule has 1 unspecified atom stereocenters. The van der Waals surface area contributed by atoms with E-state index >= 15 is 0 Å².